The zero-order valence-electron chi connectivity index (χ0n) is 9.17. The number of alkyl halides is 3. The van der Waals surface area contributed by atoms with Gasteiger partial charge in [-0.1, -0.05) is 6.92 Å². The third kappa shape index (κ3) is 2.18. The topological polar surface area (TPSA) is 38.9 Å². The van der Waals surface area contributed by atoms with E-state index in [0.717, 1.165) is 17.7 Å². The highest BCUT2D eigenvalue weighted by molar-refractivity contribution is 5.82. The number of aryl methyl sites for hydroxylation is 1. The number of benzene rings is 1. The van der Waals surface area contributed by atoms with Crippen LogP contribution < -0.4 is 5.73 Å². The summed E-state index contributed by atoms with van der Waals surface area (Å²) in [6.45, 7) is 1.88. The van der Waals surface area contributed by atoms with Crippen molar-refractivity contribution < 1.29 is 13.2 Å². The molecule has 0 saturated heterocycles. The number of rotatable bonds is 1. The van der Waals surface area contributed by atoms with Crippen molar-refractivity contribution in [2.75, 3.05) is 5.73 Å². The molecule has 0 radical (unpaired) electrons. The third-order valence-electron chi connectivity index (χ3n) is 2.64. The highest BCUT2D eigenvalue weighted by atomic mass is 19.4. The van der Waals surface area contributed by atoms with Crippen LogP contribution in [0.2, 0.25) is 0 Å². The number of halogens is 3. The molecule has 90 valence electrons. The first-order valence-electron chi connectivity index (χ1n) is 5.18. The lowest BCUT2D eigenvalue weighted by Gasteiger charge is -2.09. The molecule has 0 unspecified atom stereocenters. The van der Waals surface area contributed by atoms with Gasteiger partial charge in [-0.15, -0.1) is 0 Å². The number of nitrogen functional groups attached to an aromatic ring is 1. The van der Waals surface area contributed by atoms with Gasteiger partial charge in [0.2, 0.25) is 0 Å². The highest BCUT2D eigenvalue weighted by Gasteiger charge is 2.30. The van der Waals surface area contributed by atoms with Crippen molar-refractivity contribution in [3.8, 4) is 0 Å². The number of hydrogen-bond acceptors (Lipinski definition) is 2. The fraction of sp³-hybridized carbons (Fsp3) is 0.250. The summed E-state index contributed by atoms with van der Waals surface area (Å²) >= 11 is 0. The predicted octanol–water partition coefficient (Wildman–Crippen LogP) is 3.40. The molecule has 0 saturated carbocycles. The molecule has 0 fully saturated rings. The number of pyridine rings is 1. The van der Waals surface area contributed by atoms with Crippen molar-refractivity contribution in [2.24, 2.45) is 0 Å². The molecule has 0 spiro atoms. The van der Waals surface area contributed by atoms with Crippen LogP contribution in [0.5, 0.6) is 0 Å². The van der Waals surface area contributed by atoms with Crippen LogP contribution in [0.4, 0.5) is 19.0 Å². The largest absolute Gasteiger partial charge is 0.416 e. The van der Waals surface area contributed by atoms with Crippen LogP contribution in [0.25, 0.3) is 10.9 Å². The Balaban J connectivity index is 2.65. The molecule has 1 heterocycles. The van der Waals surface area contributed by atoms with E-state index in [-0.39, 0.29) is 0 Å². The Kier molecular flexibility index (Phi) is 2.69. The summed E-state index contributed by atoms with van der Waals surface area (Å²) in [5.41, 5.74) is 6.26. The summed E-state index contributed by atoms with van der Waals surface area (Å²) in [4.78, 5) is 4.08. The molecular formula is C12H11F3N2. The molecule has 0 amide bonds. The molecule has 0 aliphatic carbocycles. The molecule has 2 N–H and O–H groups in total. The van der Waals surface area contributed by atoms with E-state index in [2.05, 4.69) is 4.98 Å². The van der Waals surface area contributed by atoms with Gasteiger partial charge in [-0.05, 0) is 36.2 Å². The number of nitrogens with two attached hydrogens (primary N) is 1. The maximum atomic E-state index is 12.5. The Morgan fingerprint density at radius 3 is 2.53 bits per heavy atom. The number of anilines is 1. The SMILES string of the molecule is CCc1cc2cc(C(F)(F)F)ccc2nc1N. The summed E-state index contributed by atoms with van der Waals surface area (Å²) in [6, 6.07) is 5.11. The van der Waals surface area contributed by atoms with Crippen molar-refractivity contribution in [2.45, 2.75) is 19.5 Å². The first kappa shape index (κ1) is 11.7. The fourth-order valence-electron chi connectivity index (χ4n) is 1.69. The monoisotopic (exact) mass is 240 g/mol. The van der Waals surface area contributed by atoms with Crippen LogP contribution in [0.15, 0.2) is 24.3 Å². The number of hydrogen-bond donors (Lipinski definition) is 1. The molecule has 0 atom stereocenters. The maximum absolute atomic E-state index is 12.5. The second kappa shape index (κ2) is 3.91. The van der Waals surface area contributed by atoms with Crippen LogP contribution in [0.3, 0.4) is 0 Å². The maximum Gasteiger partial charge on any atom is 0.416 e. The van der Waals surface area contributed by atoms with Gasteiger partial charge in [0.05, 0.1) is 11.1 Å². The Morgan fingerprint density at radius 1 is 1.24 bits per heavy atom. The standard InChI is InChI=1S/C12H11F3N2/c1-2-7-5-8-6-9(12(13,14)15)3-4-10(8)17-11(7)16/h3-6H,2H2,1H3,(H2,16,17). The lowest BCUT2D eigenvalue weighted by Crippen LogP contribution is -2.05. The van der Waals surface area contributed by atoms with Crippen molar-refractivity contribution in [3.05, 3.63) is 35.4 Å². The zero-order valence-corrected chi connectivity index (χ0v) is 9.17. The molecule has 0 aliphatic rings. The third-order valence-corrected chi connectivity index (χ3v) is 2.64. The second-order valence-corrected chi connectivity index (χ2v) is 3.79. The number of fused-ring (bicyclic) bond motifs is 1. The van der Waals surface area contributed by atoms with Crippen LogP contribution in [-0.4, -0.2) is 4.98 Å². The lowest BCUT2D eigenvalue weighted by molar-refractivity contribution is -0.137. The fourth-order valence-corrected chi connectivity index (χ4v) is 1.69. The van der Waals surface area contributed by atoms with Gasteiger partial charge in [0.15, 0.2) is 0 Å². The molecule has 0 bridgehead atoms. The van der Waals surface area contributed by atoms with Gasteiger partial charge in [0, 0.05) is 5.39 Å². The summed E-state index contributed by atoms with van der Waals surface area (Å²) < 4.78 is 37.6. The van der Waals surface area contributed by atoms with E-state index in [1.165, 1.54) is 6.07 Å². The average molecular weight is 240 g/mol. The van der Waals surface area contributed by atoms with Gasteiger partial charge >= 0.3 is 6.18 Å². The van der Waals surface area contributed by atoms with Crippen molar-refractivity contribution in [1.29, 1.82) is 0 Å². The summed E-state index contributed by atoms with van der Waals surface area (Å²) in [7, 11) is 0. The molecule has 2 nitrogen and oxygen atoms in total. The highest BCUT2D eigenvalue weighted by Crippen LogP contribution is 2.31. The molecule has 17 heavy (non-hydrogen) atoms. The van der Waals surface area contributed by atoms with Crippen molar-refractivity contribution in [1.82, 2.24) is 4.98 Å². The Labute approximate surface area is 96.3 Å². The Hall–Kier alpha value is -1.78. The molecule has 2 aromatic rings. The quantitative estimate of drug-likeness (QED) is 0.829. The Bertz CT molecular complexity index is 561. The summed E-state index contributed by atoms with van der Waals surface area (Å²) in [5.74, 6) is 0.375. The van der Waals surface area contributed by atoms with E-state index in [1.54, 1.807) is 6.07 Å². The predicted molar refractivity (Wildman–Crippen MR) is 60.5 cm³/mol. The van der Waals surface area contributed by atoms with Gasteiger partial charge in [-0.2, -0.15) is 13.2 Å². The lowest BCUT2D eigenvalue weighted by atomic mass is 10.1. The van der Waals surface area contributed by atoms with Crippen LogP contribution >= 0.6 is 0 Å². The van der Waals surface area contributed by atoms with Crippen molar-refractivity contribution in [3.63, 3.8) is 0 Å². The number of nitrogens with zero attached hydrogens (tertiary/aromatic N) is 1. The zero-order chi connectivity index (χ0) is 12.6. The molecule has 2 rings (SSSR count). The summed E-state index contributed by atoms with van der Waals surface area (Å²) in [6.07, 6.45) is -3.69. The average Bonchev–Trinajstić information content (AvgIpc) is 2.26. The van der Waals surface area contributed by atoms with Gasteiger partial charge < -0.3 is 5.73 Å². The first-order valence-corrected chi connectivity index (χ1v) is 5.18. The van der Waals surface area contributed by atoms with E-state index >= 15 is 0 Å². The van der Waals surface area contributed by atoms with Crippen LogP contribution in [0, 0.1) is 0 Å². The summed E-state index contributed by atoms with van der Waals surface area (Å²) in [5, 5.41) is 0.464. The van der Waals surface area contributed by atoms with Gasteiger partial charge in [0.1, 0.15) is 5.82 Å². The first-order chi connectivity index (χ1) is 7.91. The minimum Gasteiger partial charge on any atom is -0.383 e. The van der Waals surface area contributed by atoms with Crippen LogP contribution in [-0.2, 0) is 12.6 Å². The minimum atomic E-state index is -4.33. The molecule has 1 aromatic heterocycles. The van der Waals surface area contributed by atoms with Gasteiger partial charge in [0.25, 0.3) is 0 Å². The van der Waals surface area contributed by atoms with Crippen molar-refractivity contribution >= 4 is 16.7 Å². The van der Waals surface area contributed by atoms with E-state index < -0.39 is 11.7 Å². The normalized spacial score (nSPS) is 12.0. The molecule has 0 aliphatic heterocycles. The van der Waals surface area contributed by atoms with Gasteiger partial charge in [-0.3, -0.25) is 0 Å². The van der Waals surface area contributed by atoms with E-state index in [0.29, 0.717) is 23.1 Å². The molecule has 1 aromatic carbocycles. The Morgan fingerprint density at radius 2 is 1.94 bits per heavy atom. The molecule has 5 heteroatoms. The van der Waals surface area contributed by atoms with E-state index in [1.807, 2.05) is 6.92 Å². The number of aromatic nitrogens is 1. The molecular weight excluding hydrogens is 229 g/mol. The minimum absolute atomic E-state index is 0.375. The van der Waals surface area contributed by atoms with Gasteiger partial charge in [-0.25, -0.2) is 4.98 Å². The van der Waals surface area contributed by atoms with E-state index in [9.17, 15) is 13.2 Å². The second-order valence-electron chi connectivity index (χ2n) is 3.79. The smallest absolute Gasteiger partial charge is 0.383 e. The van der Waals surface area contributed by atoms with E-state index in [4.69, 9.17) is 5.73 Å². The van der Waals surface area contributed by atoms with Crippen LogP contribution in [0.1, 0.15) is 18.1 Å².